The van der Waals surface area contributed by atoms with Crippen LogP contribution in [-0.4, -0.2) is 46.9 Å². The van der Waals surface area contributed by atoms with Gasteiger partial charge in [-0.15, -0.1) is 18.3 Å². The predicted octanol–water partition coefficient (Wildman–Crippen LogP) is 5.25. The number of hydrazone groups is 1. The molecule has 1 heterocycles. The summed E-state index contributed by atoms with van der Waals surface area (Å²) in [7, 11) is 3.97. The molecular weight excluding hydrogens is 503 g/mol. The molecule has 0 aliphatic carbocycles. The van der Waals surface area contributed by atoms with Crippen LogP contribution in [0, 0.1) is 0 Å². The van der Waals surface area contributed by atoms with E-state index >= 15 is 0 Å². The molecule has 8 nitrogen and oxygen atoms in total. The first-order chi connectivity index (χ1) is 17.7. The molecule has 0 atom stereocenters. The van der Waals surface area contributed by atoms with E-state index in [1.54, 1.807) is 6.21 Å². The molecule has 4 rings (SSSR count). The number of nitrogens with zero attached hydrogens (tertiary/aromatic N) is 5. The van der Waals surface area contributed by atoms with Crippen LogP contribution in [0.25, 0.3) is 17.1 Å². The summed E-state index contributed by atoms with van der Waals surface area (Å²) in [4.78, 5) is 6.31. The van der Waals surface area contributed by atoms with Gasteiger partial charge in [0.2, 0.25) is 0 Å². The van der Waals surface area contributed by atoms with Crippen molar-refractivity contribution in [2.45, 2.75) is 6.36 Å². The van der Waals surface area contributed by atoms with Gasteiger partial charge in [-0.1, -0.05) is 36.5 Å². The van der Waals surface area contributed by atoms with Crippen molar-refractivity contribution in [1.29, 1.82) is 0 Å². The molecule has 12 heteroatoms. The van der Waals surface area contributed by atoms with E-state index in [0.717, 1.165) is 28.0 Å². The van der Waals surface area contributed by atoms with Crippen LogP contribution >= 0.6 is 12.2 Å². The highest BCUT2D eigenvalue weighted by molar-refractivity contribution is 7.78. The Morgan fingerprint density at radius 2 is 1.62 bits per heavy atom. The van der Waals surface area contributed by atoms with Crippen molar-refractivity contribution < 1.29 is 17.9 Å². The molecular formula is C25H24F3N7OS. The first kappa shape index (κ1) is 27.1. The number of anilines is 2. The second-order valence-electron chi connectivity index (χ2n) is 7.62. The highest BCUT2D eigenvalue weighted by Gasteiger charge is 2.31. The normalized spacial score (nSPS) is 10.9. The summed E-state index contributed by atoms with van der Waals surface area (Å²) in [6.07, 6.45) is -1.53. The first-order valence-electron chi connectivity index (χ1n) is 10.8. The zero-order valence-electron chi connectivity index (χ0n) is 19.9. The number of aromatic nitrogens is 3. The number of nitrogens with two attached hydrogens (primary N) is 1. The minimum Gasteiger partial charge on any atom is -0.406 e. The Labute approximate surface area is 217 Å². The molecule has 192 valence electrons. The van der Waals surface area contributed by atoms with Gasteiger partial charge in [-0.2, -0.15) is 5.10 Å². The van der Waals surface area contributed by atoms with Gasteiger partial charge in [-0.3, -0.25) is 5.43 Å². The molecule has 0 aliphatic heterocycles. The van der Waals surface area contributed by atoms with Crippen molar-refractivity contribution in [1.82, 2.24) is 14.8 Å². The van der Waals surface area contributed by atoms with Crippen LogP contribution in [0.2, 0.25) is 0 Å². The molecule has 3 N–H and O–H groups in total. The fraction of sp³-hybridized carbons (Fsp3) is 0.120. The molecule has 0 saturated heterocycles. The van der Waals surface area contributed by atoms with Crippen LogP contribution in [0.15, 0.2) is 84.2 Å². The summed E-state index contributed by atoms with van der Waals surface area (Å²) in [6, 6.07) is 20.8. The van der Waals surface area contributed by atoms with Crippen molar-refractivity contribution in [3.8, 4) is 22.8 Å². The van der Waals surface area contributed by atoms with E-state index in [0.29, 0.717) is 11.5 Å². The Kier molecular flexibility index (Phi) is 9.16. The van der Waals surface area contributed by atoms with E-state index in [1.807, 2.05) is 67.5 Å². The summed E-state index contributed by atoms with van der Waals surface area (Å²) < 4.78 is 42.3. The fourth-order valence-corrected chi connectivity index (χ4v) is 3.05. The van der Waals surface area contributed by atoms with E-state index in [4.69, 9.17) is 0 Å². The van der Waals surface area contributed by atoms with E-state index < -0.39 is 6.36 Å². The summed E-state index contributed by atoms with van der Waals surface area (Å²) in [5.41, 5.74) is 12.8. The molecule has 0 fully saturated rings. The Hall–Kier alpha value is -4.45. The third kappa shape index (κ3) is 8.32. The van der Waals surface area contributed by atoms with Gasteiger partial charge in [0.05, 0.1) is 23.1 Å². The standard InChI is InChI=1S/C24H21F3N6O.CH3NS/c1-32(2)20-9-7-19(8-10-20)30-29-15-17-3-5-18(6-4-17)23-28-16-33(31-23)21-11-13-22(14-12-21)34-24(25,26)27;2-1-3/h3-16,30H,1-2H3;1H,(H2,2,3)/b29-15+;. The molecule has 0 amide bonds. The lowest BCUT2D eigenvalue weighted by atomic mass is 10.1. The maximum atomic E-state index is 12.3. The molecule has 1 aromatic heterocycles. The van der Waals surface area contributed by atoms with Crippen LogP contribution in [0.5, 0.6) is 5.75 Å². The quantitative estimate of drug-likeness (QED) is 0.193. The van der Waals surface area contributed by atoms with Crippen LogP contribution in [-0.2, 0) is 0 Å². The number of hydrogen-bond donors (Lipinski definition) is 2. The summed E-state index contributed by atoms with van der Waals surface area (Å²) in [6.45, 7) is 0. The minimum absolute atomic E-state index is 0.297. The summed E-state index contributed by atoms with van der Waals surface area (Å²) >= 11 is 4.05. The number of halogens is 3. The number of alkyl halides is 3. The number of hydrogen-bond acceptors (Lipinski definition) is 7. The Morgan fingerprint density at radius 1 is 1.00 bits per heavy atom. The molecule has 37 heavy (non-hydrogen) atoms. The van der Waals surface area contributed by atoms with Crippen LogP contribution in [0.4, 0.5) is 24.5 Å². The predicted molar refractivity (Wildman–Crippen MR) is 143 cm³/mol. The molecule has 3 aromatic carbocycles. The number of thiocarbonyl (C=S) groups is 1. The van der Waals surface area contributed by atoms with Crippen molar-refractivity contribution >= 4 is 35.3 Å². The maximum absolute atomic E-state index is 12.3. The molecule has 0 saturated carbocycles. The number of nitrogens with one attached hydrogen (secondary N) is 1. The smallest absolute Gasteiger partial charge is 0.406 e. The highest BCUT2D eigenvalue weighted by atomic mass is 32.1. The third-order valence-electron chi connectivity index (χ3n) is 4.79. The lowest BCUT2D eigenvalue weighted by Gasteiger charge is -2.12. The average Bonchev–Trinajstić information content (AvgIpc) is 3.35. The lowest BCUT2D eigenvalue weighted by molar-refractivity contribution is -0.274. The van der Waals surface area contributed by atoms with E-state index in [9.17, 15) is 13.2 Å². The van der Waals surface area contributed by atoms with Crippen molar-refractivity contribution in [2.24, 2.45) is 10.8 Å². The van der Waals surface area contributed by atoms with Crippen LogP contribution in [0.1, 0.15) is 5.56 Å². The van der Waals surface area contributed by atoms with Crippen molar-refractivity contribution in [2.75, 3.05) is 24.4 Å². The minimum atomic E-state index is -4.73. The van der Waals surface area contributed by atoms with Crippen molar-refractivity contribution in [3.63, 3.8) is 0 Å². The van der Waals surface area contributed by atoms with Gasteiger partial charge < -0.3 is 15.4 Å². The van der Waals surface area contributed by atoms with Gasteiger partial charge in [-0.05, 0) is 54.1 Å². The van der Waals surface area contributed by atoms with Gasteiger partial charge in [0, 0.05) is 25.3 Å². The largest absolute Gasteiger partial charge is 0.573 e. The van der Waals surface area contributed by atoms with E-state index in [2.05, 4.69) is 43.3 Å². The molecule has 0 bridgehead atoms. The molecule has 0 spiro atoms. The Morgan fingerprint density at radius 3 is 2.19 bits per heavy atom. The van der Waals surface area contributed by atoms with Gasteiger partial charge >= 0.3 is 6.36 Å². The van der Waals surface area contributed by atoms with E-state index in [1.165, 1.54) is 35.3 Å². The fourth-order valence-electron chi connectivity index (χ4n) is 3.05. The topological polar surface area (TPSA) is 93.6 Å². The van der Waals surface area contributed by atoms with Gasteiger partial charge in [0.15, 0.2) is 5.82 Å². The van der Waals surface area contributed by atoms with Crippen LogP contribution in [0.3, 0.4) is 0 Å². The van der Waals surface area contributed by atoms with Gasteiger partial charge in [0.1, 0.15) is 12.1 Å². The monoisotopic (exact) mass is 527 g/mol. The van der Waals surface area contributed by atoms with E-state index in [-0.39, 0.29) is 5.75 Å². The van der Waals surface area contributed by atoms with Gasteiger partial charge in [-0.25, -0.2) is 9.67 Å². The summed E-state index contributed by atoms with van der Waals surface area (Å²) in [5, 5.41) is 8.66. The zero-order valence-corrected chi connectivity index (χ0v) is 20.7. The number of benzene rings is 3. The van der Waals surface area contributed by atoms with Crippen molar-refractivity contribution in [3.05, 3.63) is 84.7 Å². The summed E-state index contributed by atoms with van der Waals surface area (Å²) in [5.74, 6) is 0.187. The first-order valence-corrected chi connectivity index (χ1v) is 11.3. The Bertz CT molecular complexity index is 1300. The Balaban J connectivity index is 0.00000121. The SMILES string of the molecule is CN(C)c1ccc(N/N=C/c2ccc(-c3ncn(-c4ccc(OC(F)(F)F)cc4)n3)cc2)cc1.NC=S. The highest BCUT2D eigenvalue weighted by Crippen LogP contribution is 2.24. The maximum Gasteiger partial charge on any atom is 0.573 e. The molecule has 0 aliphatic rings. The lowest BCUT2D eigenvalue weighted by Crippen LogP contribution is -2.17. The number of rotatable bonds is 7. The zero-order chi connectivity index (χ0) is 26.8. The molecule has 4 aromatic rings. The number of ether oxygens (including phenoxy) is 1. The second kappa shape index (κ2) is 12.5. The molecule has 0 radical (unpaired) electrons. The van der Waals surface area contributed by atoms with Gasteiger partial charge in [0.25, 0.3) is 0 Å². The molecule has 0 unspecified atom stereocenters. The second-order valence-corrected chi connectivity index (χ2v) is 7.90. The van der Waals surface area contributed by atoms with Crippen LogP contribution < -0.4 is 20.8 Å². The third-order valence-corrected chi connectivity index (χ3v) is 4.79. The average molecular weight is 528 g/mol.